The van der Waals surface area contributed by atoms with Crippen LogP contribution in [-0.2, 0) is 0 Å². The summed E-state index contributed by atoms with van der Waals surface area (Å²) in [4.78, 5) is 0. The molecule has 0 aromatic heterocycles. The molecule has 0 aliphatic heterocycles. The van der Waals surface area contributed by atoms with E-state index in [1.54, 1.807) is 0 Å². The molecule has 1 aromatic rings. The van der Waals surface area contributed by atoms with Crippen LogP contribution in [0, 0.1) is 30.1 Å². The van der Waals surface area contributed by atoms with E-state index in [4.69, 9.17) is 5.26 Å². The smallest absolute Gasteiger partial charge is 0.101 e. The molecule has 1 aliphatic carbocycles. The predicted molar refractivity (Wildman–Crippen MR) is 76.9 cm³/mol. The van der Waals surface area contributed by atoms with Crippen molar-refractivity contribution < 1.29 is 5.11 Å². The molecule has 1 fully saturated rings. The van der Waals surface area contributed by atoms with Crippen molar-refractivity contribution in [1.29, 1.82) is 5.26 Å². The maximum Gasteiger partial charge on any atom is 0.101 e. The van der Waals surface area contributed by atoms with Gasteiger partial charge in [-0.25, -0.2) is 0 Å². The van der Waals surface area contributed by atoms with Crippen molar-refractivity contribution in [3.8, 4) is 6.07 Å². The van der Waals surface area contributed by atoms with Gasteiger partial charge in [-0.15, -0.1) is 0 Å². The molecular formula is C16H22N2O. The van der Waals surface area contributed by atoms with Crippen LogP contribution in [-0.4, -0.2) is 18.3 Å². The van der Waals surface area contributed by atoms with Crippen molar-refractivity contribution in [2.75, 3.05) is 18.5 Å². The zero-order valence-electron chi connectivity index (χ0n) is 11.5. The molecular weight excluding hydrogens is 236 g/mol. The summed E-state index contributed by atoms with van der Waals surface area (Å²) in [6.07, 6.45) is 4.78. The second-order valence-corrected chi connectivity index (χ2v) is 5.53. The standard InChI is InChI=1S/C16H22N2O/c1-12-6-7-16(15(8-12)9-17)18-10-13-4-2-3-5-14(13)11-19/h6-8,13-14,18-19H,2-5,10-11H2,1H3. The van der Waals surface area contributed by atoms with Crippen LogP contribution < -0.4 is 5.32 Å². The number of aryl methyl sites for hydroxylation is 1. The number of aliphatic hydroxyl groups is 1. The minimum Gasteiger partial charge on any atom is -0.396 e. The lowest BCUT2D eigenvalue weighted by atomic mass is 9.79. The number of hydrogen-bond acceptors (Lipinski definition) is 3. The third-order valence-electron chi connectivity index (χ3n) is 4.15. The molecule has 3 heteroatoms. The highest BCUT2D eigenvalue weighted by molar-refractivity contribution is 5.58. The molecule has 0 heterocycles. The molecule has 1 aliphatic rings. The summed E-state index contributed by atoms with van der Waals surface area (Å²) in [6, 6.07) is 8.15. The van der Waals surface area contributed by atoms with E-state index in [-0.39, 0.29) is 6.61 Å². The summed E-state index contributed by atoms with van der Waals surface area (Å²) in [5.41, 5.74) is 2.72. The molecule has 0 radical (unpaired) electrons. The van der Waals surface area contributed by atoms with Crippen LogP contribution >= 0.6 is 0 Å². The van der Waals surface area contributed by atoms with Crippen molar-refractivity contribution in [3.63, 3.8) is 0 Å². The molecule has 0 bridgehead atoms. The average Bonchev–Trinajstić information content (AvgIpc) is 2.46. The third kappa shape index (κ3) is 3.48. The van der Waals surface area contributed by atoms with Gasteiger partial charge in [0.2, 0.25) is 0 Å². The first kappa shape index (κ1) is 13.9. The van der Waals surface area contributed by atoms with Crippen molar-refractivity contribution >= 4 is 5.69 Å². The Bertz CT molecular complexity index is 464. The van der Waals surface area contributed by atoms with Crippen molar-refractivity contribution in [2.24, 2.45) is 11.8 Å². The van der Waals surface area contributed by atoms with E-state index >= 15 is 0 Å². The van der Waals surface area contributed by atoms with Gasteiger partial charge in [0.15, 0.2) is 0 Å². The van der Waals surface area contributed by atoms with Gasteiger partial charge in [-0.05, 0) is 49.3 Å². The molecule has 0 spiro atoms. The molecule has 1 aromatic carbocycles. The van der Waals surface area contributed by atoms with Crippen molar-refractivity contribution in [1.82, 2.24) is 0 Å². The summed E-state index contributed by atoms with van der Waals surface area (Å²) in [7, 11) is 0. The molecule has 3 nitrogen and oxygen atoms in total. The first-order chi connectivity index (χ1) is 9.24. The highest BCUT2D eigenvalue weighted by atomic mass is 16.3. The second-order valence-electron chi connectivity index (χ2n) is 5.53. The molecule has 2 atom stereocenters. The highest BCUT2D eigenvalue weighted by Gasteiger charge is 2.24. The van der Waals surface area contributed by atoms with Gasteiger partial charge in [0.25, 0.3) is 0 Å². The fraction of sp³-hybridized carbons (Fsp3) is 0.562. The van der Waals surface area contributed by atoms with Crippen LogP contribution in [0.3, 0.4) is 0 Å². The number of anilines is 1. The van der Waals surface area contributed by atoms with Gasteiger partial charge >= 0.3 is 0 Å². The first-order valence-electron chi connectivity index (χ1n) is 7.10. The summed E-state index contributed by atoms with van der Waals surface area (Å²) < 4.78 is 0. The van der Waals surface area contributed by atoms with Crippen LogP contribution in [0.5, 0.6) is 0 Å². The number of nitriles is 1. The molecule has 102 valence electrons. The predicted octanol–water partition coefficient (Wildman–Crippen LogP) is 3.08. The normalized spacial score (nSPS) is 22.8. The summed E-state index contributed by atoms with van der Waals surface area (Å²) in [5, 5.41) is 22.0. The van der Waals surface area contributed by atoms with Crippen LogP contribution in [0.15, 0.2) is 18.2 Å². The van der Waals surface area contributed by atoms with Crippen LogP contribution in [0.1, 0.15) is 36.8 Å². The third-order valence-corrected chi connectivity index (χ3v) is 4.15. The number of hydrogen-bond donors (Lipinski definition) is 2. The van der Waals surface area contributed by atoms with Gasteiger partial charge in [0, 0.05) is 13.2 Å². The van der Waals surface area contributed by atoms with Gasteiger partial charge < -0.3 is 10.4 Å². The van der Waals surface area contributed by atoms with E-state index < -0.39 is 0 Å². The Kier molecular flexibility index (Phi) is 4.81. The maximum atomic E-state index is 9.42. The van der Waals surface area contributed by atoms with E-state index in [2.05, 4.69) is 11.4 Å². The number of rotatable bonds is 4. The molecule has 2 N–H and O–H groups in total. The topological polar surface area (TPSA) is 56.0 Å². The zero-order valence-corrected chi connectivity index (χ0v) is 11.5. The fourth-order valence-electron chi connectivity index (χ4n) is 2.94. The molecule has 2 rings (SSSR count). The molecule has 0 saturated heterocycles. The summed E-state index contributed by atoms with van der Waals surface area (Å²) in [5.74, 6) is 0.934. The Morgan fingerprint density at radius 3 is 2.74 bits per heavy atom. The minimum absolute atomic E-state index is 0.283. The average molecular weight is 258 g/mol. The van der Waals surface area contributed by atoms with Crippen molar-refractivity contribution in [3.05, 3.63) is 29.3 Å². The Morgan fingerprint density at radius 1 is 1.32 bits per heavy atom. The monoisotopic (exact) mass is 258 g/mol. The molecule has 19 heavy (non-hydrogen) atoms. The van der Waals surface area contributed by atoms with Gasteiger partial charge in [0.1, 0.15) is 6.07 Å². The molecule has 0 amide bonds. The number of benzene rings is 1. The van der Waals surface area contributed by atoms with Crippen LogP contribution in [0.25, 0.3) is 0 Å². The number of nitrogens with one attached hydrogen (secondary N) is 1. The van der Waals surface area contributed by atoms with E-state index in [1.807, 2.05) is 25.1 Å². The fourth-order valence-corrected chi connectivity index (χ4v) is 2.94. The largest absolute Gasteiger partial charge is 0.396 e. The van der Waals surface area contributed by atoms with E-state index in [9.17, 15) is 5.11 Å². The van der Waals surface area contributed by atoms with E-state index in [0.717, 1.165) is 24.2 Å². The second kappa shape index (κ2) is 6.58. The zero-order chi connectivity index (χ0) is 13.7. The van der Waals surface area contributed by atoms with Crippen LogP contribution in [0.2, 0.25) is 0 Å². The highest BCUT2D eigenvalue weighted by Crippen LogP contribution is 2.30. The van der Waals surface area contributed by atoms with Gasteiger partial charge in [-0.3, -0.25) is 0 Å². The number of nitrogens with zero attached hydrogens (tertiary/aromatic N) is 1. The van der Waals surface area contributed by atoms with E-state index in [0.29, 0.717) is 17.4 Å². The lowest BCUT2D eigenvalue weighted by Gasteiger charge is -2.30. The number of aliphatic hydroxyl groups excluding tert-OH is 1. The Morgan fingerprint density at radius 2 is 2.05 bits per heavy atom. The van der Waals surface area contributed by atoms with Gasteiger partial charge in [0.05, 0.1) is 11.3 Å². The summed E-state index contributed by atoms with van der Waals surface area (Å²) >= 11 is 0. The Labute approximate surface area is 115 Å². The SMILES string of the molecule is Cc1ccc(NCC2CCCCC2CO)c(C#N)c1. The summed E-state index contributed by atoms with van der Waals surface area (Å²) in [6.45, 7) is 3.13. The Hall–Kier alpha value is -1.53. The lowest BCUT2D eigenvalue weighted by molar-refractivity contribution is 0.141. The Balaban J connectivity index is 2.00. The van der Waals surface area contributed by atoms with Gasteiger partial charge in [-0.2, -0.15) is 5.26 Å². The van der Waals surface area contributed by atoms with Gasteiger partial charge in [-0.1, -0.05) is 18.9 Å². The molecule has 1 saturated carbocycles. The maximum absolute atomic E-state index is 9.42. The quantitative estimate of drug-likeness (QED) is 0.872. The van der Waals surface area contributed by atoms with Crippen LogP contribution in [0.4, 0.5) is 5.69 Å². The van der Waals surface area contributed by atoms with Crippen molar-refractivity contribution in [2.45, 2.75) is 32.6 Å². The lowest BCUT2D eigenvalue weighted by Crippen LogP contribution is -2.28. The van der Waals surface area contributed by atoms with E-state index in [1.165, 1.54) is 19.3 Å². The molecule has 2 unspecified atom stereocenters. The minimum atomic E-state index is 0.283. The first-order valence-corrected chi connectivity index (χ1v) is 7.10.